The number of hydrogen-bond acceptors (Lipinski definition) is 9. The maximum absolute atomic E-state index is 13.0. The van der Waals surface area contributed by atoms with Crippen LogP contribution >= 0.6 is 12.6 Å². The van der Waals surface area contributed by atoms with Gasteiger partial charge in [0.15, 0.2) is 0 Å². The van der Waals surface area contributed by atoms with E-state index in [1.807, 2.05) is 0 Å². The number of amides is 3. The average molecular weight is 528 g/mol. The molecule has 0 fully saturated rings. The molecule has 0 aliphatic carbocycles. The normalized spacial score (nSPS) is 14.1. The van der Waals surface area contributed by atoms with E-state index in [1.54, 1.807) is 0 Å². The number of hydrogen-bond donors (Lipinski definition) is 9. The van der Waals surface area contributed by atoms with Gasteiger partial charge in [0.05, 0.1) is 12.5 Å². The molecule has 14 heteroatoms. The number of aromatic hydroxyl groups is 1. The lowest BCUT2D eigenvalue weighted by molar-refractivity contribution is -0.143. The van der Waals surface area contributed by atoms with Gasteiger partial charge in [-0.2, -0.15) is 12.6 Å². The van der Waals surface area contributed by atoms with E-state index in [2.05, 4.69) is 28.6 Å². The summed E-state index contributed by atoms with van der Waals surface area (Å²) in [5, 5.41) is 35.1. The molecule has 0 bridgehead atoms. The topological polar surface area (TPSA) is 234 Å². The van der Waals surface area contributed by atoms with Crippen LogP contribution in [0.4, 0.5) is 0 Å². The highest BCUT2D eigenvalue weighted by Crippen LogP contribution is 2.12. The molecule has 0 aromatic heterocycles. The summed E-state index contributed by atoms with van der Waals surface area (Å²) in [5.74, 6) is -5.30. The average Bonchev–Trinajstić information content (AvgIpc) is 2.82. The number of carbonyl (C=O) groups excluding carboxylic acids is 3. The van der Waals surface area contributed by atoms with Gasteiger partial charge in [-0.3, -0.25) is 19.2 Å². The zero-order chi connectivity index (χ0) is 27.3. The zero-order valence-corrected chi connectivity index (χ0v) is 20.4. The van der Waals surface area contributed by atoms with Crippen molar-refractivity contribution in [2.75, 3.05) is 12.3 Å². The summed E-state index contributed by atoms with van der Waals surface area (Å²) in [6, 6.07) is 0.580. The van der Waals surface area contributed by atoms with Gasteiger partial charge >= 0.3 is 11.9 Å². The molecule has 10 N–H and O–H groups in total. The smallest absolute Gasteiger partial charge is 0.326 e. The lowest BCUT2D eigenvalue weighted by Gasteiger charge is -2.24. The molecule has 1 aromatic carbocycles. The van der Waals surface area contributed by atoms with Gasteiger partial charge in [-0.05, 0) is 43.5 Å². The van der Waals surface area contributed by atoms with Gasteiger partial charge in [0.2, 0.25) is 17.7 Å². The highest BCUT2D eigenvalue weighted by atomic mass is 32.1. The quantitative estimate of drug-likeness (QED) is 0.0876. The SMILES string of the molecule is NCCCCC(NC(=O)C(CC(=O)O)NC(=O)C(N)CS)C(=O)NC(Cc1ccc(O)cc1)C(=O)O. The summed E-state index contributed by atoms with van der Waals surface area (Å²) in [7, 11) is 0. The molecule has 0 heterocycles. The Morgan fingerprint density at radius 1 is 0.861 bits per heavy atom. The Labute approximate surface area is 213 Å². The molecule has 4 atom stereocenters. The summed E-state index contributed by atoms with van der Waals surface area (Å²) in [5.41, 5.74) is 11.6. The first kappa shape index (κ1) is 30.7. The number of nitrogens with two attached hydrogens (primary N) is 2. The largest absolute Gasteiger partial charge is 0.508 e. The van der Waals surface area contributed by atoms with Crippen molar-refractivity contribution in [3.8, 4) is 5.75 Å². The van der Waals surface area contributed by atoms with Crippen molar-refractivity contribution in [1.82, 2.24) is 16.0 Å². The Morgan fingerprint density at radius 3 is 1.94 bits per heavy atom. The number of unbranched alkanes of at least 4 members (excludes halogenated alkanes) is 1. The summed E-state index contributed by atoms with van der Waals surface area (Å²) in [6.45, 7) is 0.320. The van der Waals surface area contributed by atoms with Crippen LogP contribution in [0.15, 0.2) is 24.3 Å². The molecule has 0 spiro atoms. The van der Waals surface area contributed by atoms with Crippen molar-refractivity contribution in [3.05, 3.63) is 29.8 Å². The van der Waals surface area contributed by atoms with Crippen LogP contribution in [0.3, 0.4) is 0 Å². The van der Waals surface area contributed by atoms with E-state index in [4.69, 9.17) is 16.6 Å². The van der Waals surface area contributed by atoms with Crippen LogP contribution < -0.4 is 27.4 Å². The standard InChI is InChI=1S/C22H33N5O8S/c23-8-2-1-3-15(25-21(33)16(10-18(29)30)26-19(31)14(24)11-36)20(32)27-17(22(34)35)9-12-4-6-13(28)7-5-12/h4-7,14-17,28,36H,1-3,8-11,23-24H2,(H,25,33)(H,26,31)(H,27,32)(H,29,30)(H,34,35). The van der Waals surface area contributed by atoms with Crippen LogP contribution in [0.5, 0.6) is 5.75 Å². The number of carboxylic acids is 2. The van der Waals surface area contributed by atoms with Gasteiger partial charge in [-0.15, -0.1) is 0 Å². The minimum atomic E-state index is -1.53. The maximum atomic E-state index is 13.0. The number of rotatable bonds is 16. The van der Waals surface area contributed by atoms with Gasteiger partial charge in [0, 0.05) is 12.2 Å². The first-order valence-corrected chi connectivity index (χ1v) is 11.8. The lowest BCUT2D eigenvalue weighted by atomic mass is 10.0. The molecule has 0 radical (unpaired) electrons. The van der Waals surface area contributed by atoms with Gasteiger partial charge in [-0.25, -0.2) is 4.79 Å². The van der Waals surface area contributed by atoms with Crippen LogP contribution in [0.2, 0.25) is 0 Å². The Balaban J connectivity index is 3.02. The second-order valence-electron chi connectivity index (χ2n) is 8.06. The third-order valence-corrected chi connectivity index (χ3v) is 5.51. The minimum absolute atomic E-state index is 0.00401. The van der Waals surface area contributed by atoms with E-state index in [9.17, 15) is 34.2 Å². The number of benzene rings is 1. The van der Waals surface area contributed by atoms with Crippen LogP contribution in [0, 0.1) is 0 Å². The fourth-order valence-electron chi connectivity index (χ4n) is 3.12. The van der Waals surface area contributed by atoms with Gasteiger partial charge in [0.1, 0.15) is 23.9 Å². The second kappa shape index (κ2) is 15.6. The van der Waals surface area contributed by atoms with Crippen molar-refractivity contribution in [2.45, 2.75) is 56.3 Å². The molecule has 0 saturated carbocycles. The minimum Gasteiger partial charge on any atom is -0.508 e. The fraction of sp³-hybridized carbons (Fsp3) is 0.500. The second-order valence-corrected chi connectivity index (χ2v) is 8.43. The molecular formula is C22H33N5O8S. The zero-order valence-electron chi connectivity index (χ0n) is 19.6. The monoisotopic (exact) mass is 527 g/mol. The van der Waals surface area contributed by atoms with E-state index in [-0.39, 0.29) is 24.3 Å². The van der Waals surface area contributed by atoms with Gasteiger partial charge < -0.3 is 42.7 Å². The molecule has 200 valence electrons. The highest BCUT2D eigenvalue weighted by molar-refractivity contribution is 7.80. The summed E-state index contributed by atoms with van der Waals surface area (Å²) < 4.78 is 0. The number of phenolic OH excluding ortho intramolecular Hbond substituents is 1. The van der Waals surface area contributed by atoms with E-state index in [0.717, 1.165) is 0 Å². The summed E-state index contributed by atoms with van der Waals surface area (Å²) >= 11 is 3.89. The molecule has 4 unspecified atom stereocenters. The first-order valence-electron chi connectivity index (χ1n) is 11.2. The Kier molecular flexibility index (Phi) is 13.3. The molecule has 3 amide bonds. The van der Waals surface area contributed by atoms with Crippen molar-refractivity contribution >= 4 is 42.3 Å². The lowest BCUT2D eigenvalue weighted by Crippen LogP contribution is -2.57. The molecule has 36 heavy (non-hydrogen) atoms. The third kappa shape index (κ3) is 10.9. The molecule has 0 aliphatic heterocycles. The van der Waals surface area contributed by atoms with Crippen molar-refractivity contribution < 1.29 is 39.3 Å². The molecule has 0 aliphatic rings. The Morgan fingerprint density at radius 2 is 1.42 bits per heavy atom. The van der Waals surface area contributed by atoms with Gasteiger partial charge in [-0.1, -0.05) is 12.1 Å². The highest BCUT2D eigenvalue weighted by Gasteiger charge is 2.31. The van der Waals surface area contributed by atoms with E-state index >= 15 is 0 Å². The van der Waals surface area contributed by atoms with E-state index in [0.29, 0.717) is 24.9 Å². The number of carboxylic acid groups (broad SMARTS) is 2. The Hall–Kier alpha value is -3.36. The number of phenols is 1. The third-order valence-electron chi connectivity index (χ3n) is 5.12. The number of aliphatic carboxylic acids is 2. The maximum Gasteiger partial charge on any atom is 0.326 e. The molecule has 1 aromatic rings. The number of nitrogens with one attached hydrogen (secondary N) is 3. The van der Waals surface area contributed by atoms with Crippen molar-refractivity contribution in [3.63, 3.8) is 0 Å². The van der Waals surface area contributed by atoms with Crippen molar-refractivity contribution in [1.29, 1.82) is 0 Å². The van der Waals surface area contributed by atoms with Crippen LogP contribution in [0.25, 0.3) is 0 Å². The van der Waals surface area contributed by atoms with Gasteiger partial charge in [0.25, 0.3) is 0 Å². The number of carbonyl (C=O) groups is 5. The Bertz CT molecular complexity index is 914. The molecular weight excluding hydrogens is 494 g/mol. The van der Waals surface area contributed by atoms with E-state index in [1.165, 1.54) is 24.3 Å². The molecule has 0 saturated heterocycles. The van der Waals surface area contributed by atoms with Crippen LogP contribution in [0.1, 0.15) is 31.2 Å². The predicted molar refractivity (Wildman–Crippen MR) is 132 cm³/mol. The van der Waals surface area contributed by atoms with Crippen LogP contribution in [-0.2, 0) is 30.4 Å². The molecule has 13 nitrogen and oxygen atoms in total. The number of thiol groups is 1. The first-order chi connectivity index (χ1) is 17.0. The predicted octanol–water partition coefficient (Wildman–Crippen LogP) is -1.67. The van der Waals surface area contributed by atoms with Crippen LogP contribution in [-0.4, -0.2) is 81.4 Å². The van der Waals surface area contributed by atoms with Crippen molar-refractivity contribution in [2.24, 2.45) is 11.5 Å². The van der Waals surface area contributed by atoms with E-state index < -0.39 is 60.2 Å². The molecule has 1 rings (SSSR count). The fourth-order valence-corrected chi connectivity index (χ4v) is 3.29. The summed E-state index contributed by atoms with van der Waals surface area (Å²) in [6.07, 6.45) is 0.146. The summed E-state index contributed by atoms with van der Waals surface area (Å²) in [4.78, 5) is 60.8.